The number of rotatable bonds is 7. The van der Waals surface area contributed by atoms with Crippen LogP contribution in [0.4, 0.5) is 4.79 Å². The molecule has 7 nitrogen and oxygen atoms in total. The Bertz CT molecular complexity index is 306. The largest absolute Gasteiger partial charge is 0.480 e. The third-order valence-corrected chi connectivity index (χ3v) is 2.46. The van der Waals surface area contributed by atoms with Crippen LogP contribution in [0.3, 0.4) is 0 Å². The molecule has 3 N–H and O–H groups in total. The van der Waals surface area contributed by atoms with Gasteiger partial charge in [0.25, 0.3) is 0 Å². The Hall–Kier alpha value is -1.79. The normalized spacial score (nSPS) is 13.3. The van der Waals surface area contributed by atoms with Crippen molar-refractivity contribution < 1.29 is 24.2 Å². The molecule has 0 fully saturated rings. The van der Waals surface area contributed by atoms with E-state index in [2.05, 4.69) is 15.4 Å². The molecule has 0 aliphatic carbocycles. The lowest BCUT2D eigenvalue weighted by Crippen LogP contribution is -2.50. The third kappa shape index (κ3) is 6.07. The minimum atomic E-state index is -1.10. The highest BCUT2D eigenvalue weighted by molar-refractivity contribution is 5.85. The second kappa shape index (κ2) is 8.32. The first kappa shape index (κ1) is 16.2. The molecule has 0 aromatic heterocycles. The predicted octanol–water partition coefficient (Wildman–Crippen LogP) is 0.348. The minimum absolute atomic E-state index is 0.198. The number of nitrogens with one attached hydrogen (secondary N) is 2. The van der Waals surface area contributed by atoms with Crippen molar-refractivity contribution >= 4 is 18.0 Å². The van der Waals surface area contributed by atoms with Crippen LogP contribution in [0.5, 0.6) is 0 Å². The number of ether oxygens (including phenoxy) is 1. The molecular formula is C11H20N2O5. The molecule has 0 rings (SSSR count). The number of esters is 1. The van der Waals surface area contributed by atoms with Gasteiger partial charge in [-0.05, 0) is 12.8 Å². The average molecular weight is 260 g/mol. The number of carboxylic acids is 1. The van der Waals surface area contributed by atoms with Crippen molar-refractivity contribution in [3.8, 4) is 0 Å². The highest BCUT2D eigenvalue weighted by Gasteiger charge is 2.25. The van der Waals surface area contributed by atoms with E-state index in [4.69, 9.17) is 5.11 Å². The van der Waals surface area contributed by atoms with Crippen molar-refractivity contribution in [3.63, 3.8) is 0 Å². The number of hydrogen-bond acceptors (Lipinski definition) is 4. The molecule has 104 valence electrons. The fourth-order valence-electron chi connectivity index (χ4n) is 1.24. The van der Waals surface area contributed by atoms with Crippen molar-refractivity contribution in [1.29, 1.82) is 0 Å². The molecule has 0 spiro atoms. The summed E-state index contributed by atoms with van der Waals surface area (Å²) in [6, 6.07) is -1.67. The lowest BCUT2D eigenvalue weighted by Gasteiger charge is -2.20. The maximum atomic E-state index is 11.4. The number of urea groups is 1. The Kier molecular flexibility index (Phi) is 7.50. The number of aliphatic carboxylic acids is 1. The summed E-state index contributed by atoms with van der Waals surface area (Å²) in [5, 5.41) is 13.5. The van der Waals surface area contributed by atoms with E-state index in [1.807, 2.05) is 6.92 Å². The summed E-state index contributed by atoms with van der Waals surface area (Å²) in [6.07, 6.45) is 0.620. The summed E-state index contributed by atoms with van der Waals surface area (Å²) < 4.78 is 4.62. The van der Waals surface area contributed by atoms with Crippen molar-refractivity contribution in [1.82, 2.24) is 10.6 Å². The molecular weight excluding hydrogens is 240 g/mol. The van der Waals surface area contributed by atoms with E-state index in [1.54, 1.807) is 13.8 Å². The van der Waals surface area contributed by atoms with Crippen molar-refractivity contribution in [3.05, 3.63) is 0 Å². The molecule has 0 saturated heterocycles. The number of carbonyl (C=O) groups excluding carboxylic acids is 2. The first-order chi connectivity index (χ1) is 8.42. The zero-order valence-corrected chi connectivity index (χ0v) is 10.9. The van der Waals surface area contributed by atoms with E-state index < -0.39 is 24.0 Å². The highest BCUT2D eigenvalue weighted by atomic mass is 16.5. The average Bonchev–Trinajstić information content (AvgIpc) is 2.32. The summed E-state index contributed by atoms with van der Waals surface area (Å²) in [6.45, 7) is 5.16. The molecule has 0 saturated carbocycles. The maximum Gasteiger partial charge on any atom is 0.326 e. The quantitative estimate of drug-likeness (QED) is 0.573. The van der Waals surface area contributed by atoms with Crippen molar-refractivity contribution in [2.75, 3.05) is 13.2 Å². The van der Waals surface area contributed by atoms with E-state index >= 15 is 0 Å². The third-order valence-electron chi connectivity index (χ3n) is 2.46. The topological polar surface area (TPSA) is 105 Å². The standard InChI is InChI=1S/C11H20N2O5/c1-4-7(3)9(10(15)16)13-11(17)12-6-8(14)18-5-2/h7,9H,4-6H2,1-3H3,(H,15,16)(H2,12,13,17). The Morgan fingerprint density at radius 2 is 1.89 bits per heavy atom. The Morgan fingerprint density at radius 1 is 1.28 bits per heavy atom. The number of carboxylic acid groups (broad SMARTS) is 1. The van der Waals surface area contributed by atoms with Crippen LogP contribution in [-0.4, -0.2) is 42.3 Å². The van der Waals surface area contributed by atoms with Gasteiger partial charge in [0, 0.05) is 0 Å². The lowest BCUT2D eigenvalue weighted by molar-refractivity contribution is -0.141. The minimum Gasteiger partial charge on any atom is -0.480 e. The second-order valence-electron chi connectivity index (χ2n) is 3.83. The molecule has 0 heterocycles. The van der Waals surface area contributed by atoms with Gasteiger partial charge < -0.3 is 20.5 Å². The van der Waals surface area contributed by atoms with Crippen LogP contribution in [0.15, 0.2) is 0 Å². The molecule has 0 aliphatic heterocycles. The maximum absolute atomic E-state index is 11.4. The van der Waals surface area contributed by atoms with Gasteiger partial charge >= 0.3 is 18.0 Å². The Balaban J connectivity index is 4.19. The molecule has 0 aromatic carbocycles. The number of carbonyl (C=O) groups is 3. The second-order valence-corrected chi connectivity index (χ2v) is 3.83. The van der Waals surface area contributed by atoms with Crippen LogP contribution in [0.25, 0.3) is 0 Å². The van der Waals surface area contributed by atoms with Crippen molar-refractivity contribution in [2.45, 2.75) is 33.2 Å². The van der Waals surface area contributed by atoms with E-state index in [0.29, 0.717) is 6.42 Å². The van der Waals surface area contributed by atoms with Gasteiger partial charge in [-0.1, -0.05) is 20.3 Å². The van der Waals surface area contributed by atoms with Crippen LogP contribution < -0.4 is 10.6 Å². The van der Waals surface area contributed by atoms with Gasteiger partial charge in [0.05, 0.1) is 6.61 Å². The summed E-state index contributed by atoms with van der Waals surface area (Å²) in [7, 11) is 0. The smallest absolute Gasteiger partial charge is 0.326 e. The number of amides is 2. The molecule has 0 bridgehead atoms. The van der Waals surface area contributed by atoms with E-state index in [0.717, 1.165) is 0 Å². The molecule has 0 aromatic rings. The lowest BCUT2D eigenvalue weighted by atomic mass is 9.99. The molecule has 0 radical (unpaired) electrons. The summed E-state index contributed by atoms with van der Waals surface area (Å²) in [5.41, 5.74) is 0. The monoisotopic (exact) mass is 260 g/mol. The highest BCUT2D eigenvalue weighted by Crippen LogP contribution is 2.07. The van der Waals surface area contributed by atoms with E-state index in [1.165, 1.54) is 0 Å². The van der Waals surface area contributed by atoms with Gasteiger partial charge in [0.1, 0.15) is 12.6 Å². The van der Waals surface area contributed by atoms with E-state index in [-0.39, 0.29) is 19.1 Å². The van der Waals surface area contributed by atoms with Crippen LogP contribution in [0.1, 0.15) is 27.2 Å². The van der Waals surface area contributed by atoms with Crippen LogP contribution in [-0.2, 0) is 14.3 Å². The predicted molar refractivity (Wildman–Crippen MR) is 64.0 cm³/mol. The zero-order valence-electron chi connectivity index (χ0n) is 10.9. The van der Waals surface area contributed by atoms with E-state index in [9.17, 15) is 14.4 Å². The van der Waals surface area contributed by atoms with Gasteiger partial charge in [-0.15, -0.1) is 0 Å². The van der Waals surface area contributed by atoms with Gasteiger partial charge in [0.2, 0.25) is 0 Å². The molecule has 2 amide bonds. The SMILES string of the molecule is CCOC(=O)CNC(=O)NC(C(=O)O)C(C)CC. The summed E-state index contributed by atoms with van der Waals surface area (Å²) in [4.78, 5) is 33.3. The molecule has 2 unspecified atom stereocenters. The first-order valence-electron chi connectivity index (χ1n) is 5.85. The van der Waals surface area contributed by atoms with Gasteiger partial charge in [-0.2, -0.15) is 0 Å². The van der Waals surface area contributed by atoms with Gasteiger partial charge in [-0.25, -0.2) is 9.59 Å². The Morgan fingerprint density at radius 3 is 2.33 bits per heavy atom. The molecule has 2 atom stereocenters. The number of hydrogen-bond donors (Lipinski definition) is 3. The fourth-order valence-corrected chi connectivity index (χ4v) is 1.24. The van der Waals surface area contributed by atoms with Crippen LogP contribution >= 0.6 is 0 Å². The summed E-state index contributed by atoms with van der Waals surface area (Å²) in [5.74, 6) is -1.87. The molecule has 0 aliphatic rings. The summed E-state index contributed by atoms with van der Waals surface area (Å²) >= 11 is 0. The van der Waals surface area contributed by atoms with Crippen molar-refractivity contribution in [2.24, 2.45) is 5.92 Å². The van der Waals surface area contributed by atoms with Gasteiger partial charge in [-0.3, -0.25) is 4.79 Å². The Labute approximate surface area is 106 Å². The fraction of sp³-hybridized carbons (Fsp3) is 0.727. The van der Waals surface area contributed by atoms with Crippen LogP contribution in [0.2, 0.25) is 0 Å². The molecule has 7 heteroatoms. The van der Waals surface area contributed by atoms with Gasteiger partial charge in [0.15, 0.2) is 0 Å². The molecule has 18 heavy (non-hydrogen) atoms. The van der Waals surface area contributed by atoms with Crippen LogP contribution in [0, 0.1) is 5.92 Å². The first-order valence-corrected chi connectivity index (χ1v) is 5.85. The zero-order chi connectivity index (χ0) is 14.1.